The molecule has 230 valence electrons. The number of amides is 1. The van der Waals surface area contributed by atoms with Gasteiger partial charge < -0.3 is 15.2 Å². The predicted octanol–water partition coefficient (Wildman–Crippen LogP) is 5.55. The number of hydrogen-bond donors (Lipinski definition) is 2. The fourth-order valence-electron chi connectivity index (χ4n) is 4.87. The molecule has 5 rings (SSSR count). The average Bonchev–Trinajstić information content (AvgIpc) is 3.36. The highest BCUT2D eigenvalue weighted by Crippen LogP contribution is 2.39. The Bertz CT molecular complexity index is 1850. The summed E-state index contributed by atoms with van der Waals surface area (Å²) in [5.74, 6) is -4.39. The Morgan fingerprint density at radius 2 is 1.75 bits per heavy atom. The molecule has 1 amide bonds. The smallest absolute Gasteiger partial charge is 0.435 e. The van der Waals surface area contributed by atoms with Crippen LogP contribution in [0.15, 0.2) is 65.7 Å². The second kappa shape index (κ2) is 10.8. The van der Waals surface area contributed by atoms with Crippen LogP contribution < -0.4 is 15.6 Å². The fraction of sp³-hybridized carbons (Fsp3) is 0.214. The zero-order valence-electron chi connectivity index (χ0n) is 22.2. The van der Waals surface area contributed by atoms with E-state index in [2.05, 4.69) is 10.4 Å². The minimum atomic E-state index is -5.15. The molecular formula is C28H19F7N4O5. The Kier molecular flexibility index (Phi) is 7.47. The van der Waals surface area contributed by atoms with E-state index >= 15 is 4.39 Å². The van der Waals surface area contributed by atoms with Gasteiger partial charge in [0, 0.05) is 29.6 Å². The lowest BCUT2D eigenvalue weighted by atomic mass is 10.0. The van der Waals surface area contributed by atoms with Gasteiger partial charge in [-0.15, -0.1) is 0 Å². The summed E-state index contributed by atoms with van der Waals surface area (Å²) in [7, 11) is 0. The Hall–Kier alpha value is -5.15. The number of carbonyl (C=O) groups excluding carboxylic acids is 1. The van der Waals surface area contributed by atoms with Gasteiger partial charge in [-0.05, 0) is 42.8 Å². The molecule has 3 heterocycles. The van der Waals surface area contributed by atoms with Crippen molar-refractivity contribution in [3.05, 3.63) is 105 Å². The van der Waals surface area contributed by atoms with E-state index in [0.717, 1.165) is 29.1 Å². The second-order valence-electron chi connectivity index (χ2n) is 9.80. The molecule has 9 nitrogen and oxygen atoms in total. The topological polar surface area (TPSA) is 115 Å². The first-order valence-corrected chi connectivity index (χ1v) is 12.6. The van der Waals surface area contributed by atoms with E-state index in [0.29, 0.717) is 22.4 Å². The van der Waals surface area contributed by atoms with Crippen molar-refractivity contribution in [2.75, 3.05) is 0 Å². The summed E-state index contributed by atoms with van der Waals surface area (Å²) in [4.78, 5) is 38.4. The number of halogens is 7. The lowest BCUT2D eigenvalue weighted by molar-refractivity contribution is -0.144. The molecule has 1 aliphatic rings. The number of carbonyl (C=O) groups is 2. The summed E-state index contributed by atoms with van der Waals surface area (Å²) in [6.07, 6.45) is -9.78. The molecule has 16 heteroatoms. The van der Waals surface area contributed by atoms with Gasteiger partial charge in [0.05, 0.1) is 18.0 Å². The summed E-state index contributed by atoms with van der Waals surface area (Å²) in [5.41, 5.74) is -5.35. The number of fused-ring (bicyclic) bond motifs is 6. The van der Waals surface area contributed by atoms with E-state index < -0.39 is 76.5 Å². The summed E-state index contributed by atoms with van der Waals surface area (Å²) in [5, 5.41) is 15.3. The number of alkyl halides is 6. The molecular weight excluding hydrogens is 605 g/mol. The molecule has 0 radical (unpaired) electrons. The molecule has 1 aliphatic heterocycles. The van der Waals surface area contributed by atoms with Gasteiger partial charge in [-0.25, -0.2) is 9.07 Å². The van der Waals surface area contributed by atoms with Crippen molar-refractivity contribution in [3.63, 3.8) is 0 Å². The van der Waals surface area contributed by atoms with Crippen molar-refractivity contribution in [1.82, 2.24) is 19.7 Å². The van der Waals surface area contributed by atoms with Crippen LogP contribution in [0.2, 0.25) is 0 Å². The molecule has 2 unspecified atom stereocenters. The lowest BCUT2D eigenvalue weighted by Gasteiger charge is -2.25. The van der Waals surface area contributed by atoms with Crippen LogP contribution in [0.25, 0.3) is 5.69 Å². The van der Waals surface area contributed by atoms with Crippen molar-refractivity contribution in [1.29, 1.82) is 0 Å². The molecule has 0 aliphatic carbocycles. The third-order valence-corrected chi connectivity index (χ3v) is 6.80. The SMILES string of the molecule is Cc1cccc2c1-n1cc(c(C(F)(F)F)n1)C(CC(=O)O)NC(=O)C(n1ccc(C(F)(F)F)cc1=O)c1cc(ccc1F)O2. The lowest BCUT2D eigenvalue weighted by Crippen LogP contribution is -2.40. The molecule has 0 spiro atoms. The maximum absolute atomic E-state index is 15.3. The molecule has 44 heavy (non-hydrogen) atoms. The van der Waals surface area contributed by atoms with Gasteiger partial charge >= 0.3 is 18.3 Å². The largest absolute Gasteiger partial charge is 0.481 e. The number of carboxylic acid groups (broad SMARTS) is 1. The summed E-state index contributed by atoms with van der Waals surface area (Å²) < 4.78 is 105. The first-order valence-electron chi connectivity index (χ1n) is 12.6. The fourth-order valence-corrected chi connectivity index (χ4v) is 4.87. The van der Waals surface area contributed by atoms with Gasteiger partial charge in [0.2, 0.25) is 5.91 Å². The van der Waals surface area contributed by atoms with E-state index in [1.165, 1.54) is 25.1 Å². The van der Waals surface area contributed by atoms with Crippen LogP contribution in [0.5, 0.6) is 11.5 Å². The van der Waals surface area contributed by atoms with E-state index in [-0.39, 0.29) is 23.3 Å². The number of aryl methyl sites for hydroxylation is 1. The van der Waals surface area contributed by atoms with Gasteiger partial charge in [-0.1, -0.05) is 12.1 Å². The summed E-state index contributed by atoms with van der Waals surface area (Å²) in [6.45, 7) is 1.54. The molecule has 0 fully saturated rings. The minimum absolute atomic E-state index is 0.00489. The maximum atomic E-state index is 15.3. The number of pyridine rings is 1. The van der Waals surface area contributed by atoms with Gasteiger partial charge in [-0.3, -0.25) is 19.0 Å². The summed E-state index contributed by atoms with van der Waals surface area (Å²) in [6, 6.07) is 3.94. The van der Waals surface area contributed by atoms with Gasteiger partial charge in [0.1, 0.15) is 23.3 Å². The van der Waals surface area contributed by atoms with Crippen molar-refractivity contribution < 1.29 is 50.2 Å². The highest BCUT2D eigenvalue weighted by Gasteiger charge is 2.42. The molecule has 2 aromatic carbocycles. The van der Waals surface area contributed by atoms with Gasteiger partial charge in [0.15, 0.2) is 11.4 Å². The van der Waals surface area contributed by atoms with Crippen LogP contribution in [-0.4, -0.2) is 31.3 Å². The number of nitrogens with one attached hydrogen (secondary N) is 1. The highest BCUT2D eigenvalue weighted by atomic mass is 19.4. The number of carboxylic acids is 1. The number of nitrogens with zero attached hydrogens (tertiary/aromatic N) is 3. The highest BCUT2D eigenvalue weighted by molar-refractivity contribution is 5.85. The number of benzene rings is 2. The number of rotatable bonds is 3. The van der Waals surface area contributed by atoms with E-state index in [1.807, 2.05) is 0 Å². The number of ether oxygens (including phenoxy) is 1. The number of aliphatic carboxylic acids is 1. The molecule has 2 N–H and O–H groups in total. The van der Waals surface area contributed by atoms with Crippen LogP contribution in [-0.2, 0) is 21.9 Å². The number of aromatic nitrogens is 3. The van der Waals surface area contributed by atoms with Crippen LogP contribution in [0.4, 0.5) is 30.7 Å². The normalized spacial score (nSPS) is 17.0. The molecule has 0 saturated heterocycles. The molecule has 0 saturated carbocycles. The Morgan fingerprint density at radius 3 is 2.39 bits per heavy atom. The van der Waals surface area contributed by atoms with Crippen LogP contribution in [0.1, 0.15) is 46.5 Å². The third kappa shape index (κ3) is 5.74. The van der Waals surface area contributed by atoms with E-state index in [1.54, 1.807) is 0 Å². The third-order valence-electron chi connectivity index (χ3n) is 6.80. The van der Waals surface area contributed by atoms with E-state index in [4.69, 9.17) is 4.74 Å². The zero-order valence-corrected chi connectivity index (χ0v) is 22.2. The van der Waals surface area contributed by atoms with Crippen molar-refractivity contribution in [3.8, 4) is 17.2 Å². The van der Waals surface area contributed by atoms with E-state index in [9.17, 15) is 45.8 Å². The first kappa shape index (κ1) is 30.3. The molecule has 4 aromatic rings. The maximum Gasteiger partial charge on any atom is 0.435 e. The average molecular weight is 624 g/mol. The molecule has 4 bridgehead atoms. The second-order valence-corrected chi connectivity index (χ2v) is 9.80. The van der Waals surface area contributed by atoms with Crippen molar-refractivity contribution >= 4 is 11.9 Å². The van der Waals surface area contributed by atoms with Gasteiger partial charge in [0.25, 0.3) is 5.56 Å². The predicted molar refractivity (Wildman–Crippen MR) is 137 cm³/mol. The van der Waals surface area contributed by atoms with Crippen LogP contribution >= 0.6 is 0 Å². The Morgan fingerprint density at radius 1 is 1.02 bits per heavy atom. The zero-order chi connectivity index (χ0) is 32.1. The Labute approximate surface area is 242 Å². The molecule has 2 atom stereocenters. The minimum Gasteiger partial charge on any atom is -0.481 e. The van der Waals surface area contributed by atoms with Crippen molar-refractivity contribution in [2.24, 2.45) is 0 Å². The number of hydrogen-bond acceptors (Lipinski definition) is 5. The number of para-hydroxylation sites is 1. The first-order chi connectivity index (χ1) is 20.5. The standard InChI is InChI=1S/C28H19F7N4O5/c1-13-3-2-4-20-23(13)39-12-17(25(37-39)28(33,34)35)19(11-22(41)42)36-26(43)24(16-10-15(44-20)5-6-18(16)29)38-8-7-14(9-21(38)40)27(30,31)32/h2-10,12,19,24H,11H2,1H3,(H,36,43)(H,41,42). The molecule has 2 aromatic heterocycles. The van der Waals surface area contributed by atoms with Crippen LogP contribution in [0, 0.1) is 12.7 Å². The monoisotopic (exact) mass is 624 g/mol. The van der Waals surface area contributed by atoms with Crippen LogP contribution in [0.3, 0.4) is 0 Å². The van der Waals surface area contributed by atoms with Gasteiger partial charge in [-0.2, -0.15) is 31.4 Å². The summed E-state index contributed by atoms with van der Waals surface area (Å²) >= 11 is 0. The van der Waals surface area contributed by atoms with Crippen molar-refractivity contribution in [2.45, 2.75) is 37.8 Å². The Balaban J connectivity index is 1.81. The quantitative estimate of drug-likeness (QED) is 0.289.